The number of nitrogens with one attached hydrogen (secondary N) is 1. The first-order valence-corrected chi connectivity index (χ1v) is 6.15. The standard InChI is InChI=1S/C12H13BrN2/c13-12-2-1-8(7-15-12)9-3-10-5-14-6-11(10)4-9/h1-3,7,10-11,14H,4-6H2. The molecule has 2 unspecified atom stereocenters. The van der Waals surface area contributed by atoms with Crippen LogP contribution in [0.25, 0.3) is 5.57 Å². The molecule has 1 N–H and O–H groups in total. The van der Waals surface area contributed by atoms with Gasteiger partial charge in [0.25, 0.3) is 0 Å². The Kier molecular flexibility index (Phi) is 2.37. The van der Waals surface area contributed by atoms with E-state index >= 15 is 0 Å². The molecule has 1 aliphatic heterocycles. The number of pyridine rings is 1. The minimum atomic E-state index is 0.753. The van der Waals surface area contributed by atoms with E-state index in [-0.39, 0.29) is 0 Å². The van der Waals surface area contributed by atoms with E-state index < -0.39 is 0 Å². The van der Waals surface area contributed by atoms with Crippen molar-refractivity contribution in [3.8, 4) is 0 Å². The van der Waals surface area contributed by atoms with Gasteiger partial charge in [-0.25, -0.2) is 4.98 Å². The van der Waals surface area contributed by atoms with E-state index in [0.29, 0.717) is 0 Å². The molecule has 2 nitrogen and oxygen atoms in total. The number of hydrogen-bond donors (Lipinski definition) is 1. The summed E-state index contributed by atoms with van der Waals surface area (Å²) in [5.74, 6) is 1.58. The van der Waals surface area contributed by atoms with E-state index in [1.54, 1.807) is 0 Å². The van der Waals surface area contributed by atoms with Crippen molar-refractivity contribution in [1.82, 2.24) is 10.3 Å². The van der Waals surface area contributed by atoms with E-state index in [1.165, 1.54) is 24.1 Å². The average molecular weight is 265 g/mol. The fourth-order valence-electron chi connectivity index (χ4n) is 2.56. The molecule has 2 aliphatic rings. The Bertz CT molecular complexity index is 397. The van der Waals surface area contributed by atoms with Crippen molar-refractivity contribution in [1.29, 1.82) is 0 Å². The predicted octanol–water partition coefficient (Wildman–Crippen LogP) is 2.47. The molecular weight excluding hydrogens is 252 g/mol. The van der Waals surface area contributed by atoms with Crippen LogP contribution in [0, 0.1) is 11.8 Å². The van der Waals surface area contributed by atoms with Crippen molar-refractivity contribution < 1.29 is 0 Å². The fourth-order valence-corrected chi connectivity index (χ4v) is 2.80. The summed E-state index contributed by atoms with van der Waals surface area (Å²) in [6, 6.07) is 4.17. The molecule has 0 radical (unpaired) electrons. The lowest BCUT2D eigenvalue weighted by molar-refractivity contribution is 0.536. The van der Waals surface area contributed by atoms with Crippen LogP contribution < -0.4 is 5.32 Å². The van der Waals surface area contributed by atoms with Gasteiger partial charge in [0.05, 0.1) is 0 Å². The SMILES string of the molecule is Brc1ccc(C2=CC3CNCC3C2)cn1. The van der Waals surface area contributed by atoms with Gasteiger partial charge in [0.15, 0.2) is 0 Å². The third kappa shape index (κ3) is 1.74. The first-order chi connectivity index (χ1) is 7.33. The highest BCUT2D eigenvalue weighted by Gasteiger charge is 2.31. The second-order valence-electron chi connectivity index (χ2n) is 4.35. The molecular formula is C12H13BrN2. The molecule has 0 spiro atoms. The molecule has 1 aromatic rings. The maximum absolute atomic E-state index is 4.28. The Labute approximate surface area is 97.9 Å². The van der Waals surface area contributed by atoms with Crippen molar-refractivity contribution >= 4 is 21.5 Å². The van der Waals surface area contributed by atoms with Crippen LogP contribution in [-0.4, -0.2) is 18.1 Å². The van der Waals surface area contributed by atoms with E-state index in [1.807, 2.05) is 12.3 Å². The maximum atomic E-state index is 4.28. The lowest BCUT2D eigenvalue weighted by Gasteiger charge is -2.06. The predicted molar refractivity (Wildman–Crippen MR) is 64.4 cm³/mol. The van der Waals surface area contributed by atoms with Crippen LogP contribution >= 0.6 is 15.9 Å². The highest BCUT2D eigenvalue weighted by Crippen LogP contribution is 2.37. The van der Waals surface area contributed by atoms with Gasteiger partial charge in [-0.15, -0.1) is 0 Å². The van der Waals surface area contributed by atoms with Crippen LogP contribution in [0.15, 0.2) is 29.0 Å². The van der Waals surface area contributed by atoms with Gasteiger partial charge in [0, 0.05) is 12.7 Å². The summed E-state index contributed by atoms with van der Waals surface area (Å²) in [7, 11) is 0. The number of rotatable bonds is 1. The van der Waals surface area contributed by atoms with E-state index in [9.17, 15) is 0 Å². The second-order valence-corrected chi connectivity index (χ2v) is 5.16. The summed E-state index contributed by atoms with van der Waals surface area (Å²) in [6.07, 6.45) is 5.60. The van der Waals surface area contributed by atoms with Crippen LogP contribution in [0.3, 0.4) is 0 Å². The van der Waals surface area contributed by atoms with Crippen LogP contribution in [0.1, 0.15) is 12.0 Å². The molecule has 1 saturated heterocycles. The van der Waals surface area contributed by atoms with Crippen molar-refractivity contribution in [3.63, 3.8) is 0 Å². The van der Waals surface area contributed by atoms with Crippen LogP contribution in [-0.2, 0) is 0 Å². The fraction of sp³-hybridized carbons (Fsp3) is 0.417. The third-order valence-electron chi connectivity index (χ3n) is 3.39. The van der Waals surface area contributed by atoms with E-state index in [2.05, 4.69) is 38.4 Å². The largest absolute Gasteiger partial charge is 0.316 e. The lowest BCUT2D eigenvalue weighted by Crippen LogP contribution is -2.09. The normalized spacial score (nSPS) is 29.0. The molecule has 0 aromatic carbocycles. The van der Waals surface area contributed by atoms with Gasteiger partial charge in [-0.1, -0.05) is 12.1 Å². The second kappa shape index (κ2) is 3.72. The lowest BCUT2D eigenvalue weighted by atomic mass is 9.99. The Morgan fingerprint density at radius 3 is 3.00 bits per heavy atom. The summed E-state index contributed by atoms with van der Waals surface area (Å²) in [5, 5.41) is 3.44. The van der Waals surface area contributed by atoms with Crippen molar-refractivity contribution in [3.05, 3.63) is 34.6 Å². The smallest absolute Gasteiger partial charge is 0.106 e. The highest BCUT2D eigenvalue weighted by molar-refractivity contribution is 9.10. The van der Waals surface area contributed by atoms with E-state index in [0.717, 1.165) is 23.0 Å². The molecule has 1 aliphatic carbocycles. The molecule has 0 saturated carbocycles. The topological polar surface area (TPSA) is 24.9 Å². The molecule has 1 fully saturated rings. The molecule has 15 heavy (non-hydrogen) atoms. The summed E-state index contributed by atoms with van der Waals surface area (Å²) >= 11 is 3.36. The number of hydrogen-bond acceptors (Lipinski definition) is 2. The van der Waals surface area contributed by atoms with Gasteiger partial charge >= 0.3 is 0 Å². The minimum Gasteiger partial charge on any atom is -0.316 e. The van der Waals surface area contributed by atoms with Gasteiger partial charge in [0.2, 0.25) is 0 Å². The quantitative estimate of drug-likeness (QED) is 0.789. The van der Waals surface area contributed by atoms with Crippen LogP contribution in [0.2, 0.25) is 0 Å². The molecule has 3 heteroatoms. The monoisotopic (exact) mass is 264 g/mol. The minimum absolute atomic E-state index is 0.753. The molecule has 78 valence electrons. The molecule has 1 aromatic heterocycles. The molecule has 2 heterocycles. The number of halogens is 1. The van der Waals surface area contributed by atoms with Gasteiger partial charge < -0.3 is 5.32 Å². The zero-order valence-corrected chi connectivity index (χ0v) is 10.00. The number of allylic oxidation sites excluding steroid dienone is 1. The Morgan fingerprint density at radius 2 is 2.27 bits per heavy atom. The Hall–Kier alpha value is -0.670. The van der Waals surface area contributed by atoms with Crippen LogP contribution in [0.5, 0.6) is 0 Å². The summed E-state index contributed by atoms with van der Waals surface area (Å²) in [4.78, 5) is 4.28. The first kappa shape index (κ1) is 9.55. The molecule has 2 atom stereocenters. The van der Waals surface area contributed by atoms with Gasteiger partial charge in [0.1, 0.15) is 4.60 Å². The zero-order valence-electron chi connectivity index (χ0n) is 8.41. The Morgan fingerprint density at radius 1 is 1.33 bits per heavy atom. The number of nitrogens with zero attached hydrogens (tertiary/aromatic N) is 1. The average Bonchev–Trinajstić information content (AvgIpc) is 2.78. The summed E-state index contributed by atoms with van der Waals surface area (Å²) in [5.41, 5.74) is 2.76. The van der Waals surface area contributed by atoms with Crippen molar-refractivity contribution in [2.75, 3.05) is 13.1 Å². The Balaban J connectivity index is 1.87. The summed E-state index contributed by atoms with van der Waals surface area (Å²) < 4.78 is 0.909. The van der Waals surface area contributed by atoms with Crippen LogP contribution in [0.4, 0.5) is 0 Å². The summed E-state index contributed by atoms with van der Waals surface area (Å²) in [6.45, 7) is 2.33. The van der Waals surface area contributed by atoms with Gasteiger partial charge in [-0.3, -0.25) is 0 Å². The van der Waals surface area contributed by atoms with Crippen molar-refractivity contribution in [2.24, 2.45) is 11.8 Å². The van der Waals surface area contributed by atoms with E-state index in [4.69, 9.17) is 0 Å². The number of aromatic nitrogens is 1. The van der Waals surface area contributed by atoms with Gasteiger partial charge in [-0.05, 0) is 57.9 Å². The number of fused-ring (bicyclic) bond motifs is 1. The third-order valence-corrected chi connectivity index (χ3v) is 3.86. The molecule has 0 bridgehead atoms. The zero-order chi connectivity index (χ0) is 10.3. The molecule has 3 rings (SSSR count). The van der Waals surface area contributed by atoms with Gasteiger partial charge in [-0.2, -0.15) is 0 Å². The maximum Gasteiger partial charge on any atom is 0.106 e. The first-order valence-electron chi connectivity index (χ1n) is 5.36. The highest BCUT2D eigenvalue weighted by atomic mass is 79.9. The molecule has 0 amide bonds. The van der Waals surface area contributed by atoms with Crippen molar-refractivity contribution in [2.45, 2.75) is 6.42 Å².